The van der Waals surface area contributed by atoms with Crippen LogP contribution in [-0.4, -0.2) is 46.1 Å². The maximum Gasteiger partial charge on any atom is 0.337 e. The monoisotopic (exact) mass is 500 g/mol. The number of quaternary nitrogens is 1. The van der Waals surface area contributed by atoms with Crippen molar-refractivity contribution in [2.75, 3.05) is 17.3 Å². The van der Waals surface area contributed by atoms with Gasteiger partial charge in [-0.25, -0.2) is 9.69 Å². The number of benzene rings is 4. The molecule has 3 amide bonds. The number of phenolic OH excluding ortho intramolecular Hbond substituents is 1. The molecule has 1 aliphatic rings. The van der Waals surface area contributed by atoms with Gasteiger partial charge in [-0.15, -0.1) is 0 Å². The maximum atomic E-state index is 13.3. The fourth-order valence-corrected chi connectivity index (χ4v) is 4.19. The number of carbonyl (C=O) groups excluding carboxylic acids is 3. The second-order valence-corrected chi connectivity index (χ2v) is 7.99. The fourth-order valence-electron chi connectivity index (χ4n) is 4.19. The number of imide groups is 1. The van der Waals surface area contributed by atoms with E-state index in [1.165, 1.54) is 36.4 Å². The molecule has 0 aromatic heterocycles. The Morgan fingerprint density at radius 3 is 2.24 bits per heavy atom. The van der Waals surface area contributed by atoms with Gasteiger partial charge in [0.1, 0.15) is 11.4 Å². The van der Waals surface area contributed by atoms with Crippen molar-refractivity contribution in [3.8, 4) is 5.75 Å². The molecular weight excluding hydrogens is 478 g/mol. The molecule has 1 aliphatic heterocycles. The van der Waals surface area contributed by atoms with Gasteiger partial charge < -0.3 is 26.4 Å². The zero-order valence-corrected chi connectivity index (χ0v) is 19.6. The van der Waals surface area contributed by atoms with E-state index in [0.717, 1.165) is 23.5 Å². The van der Waals surface area contributed by atoms with Crippen LogP contribution in [0.25, 0.3) is 10.8 Å². The van der Waals surface area contributed by atoms with Crippen LogP contribution >= 0.6 is 0 Å². The molecule has 0 unspecified atom stereocenters. The summed E-state index contributed by atoms with van der Waals surface area (Å²) >= 11 is 0. The van der Waals surface area contributed by atoms with Crippen molar-refractivity contribution in [1.82, 2.24) is 0 Å². The first kappa shape index (κ1) is 25.0. The molecule has 7 N–H and O–H groups in total. The van der Waals surface area contributed by atoms with Gasteiger partial charge in [0.2, 0.25) is 0 Å². The lowest BCUT2D eigenvalue weighted by molar-refractivity contribution is -0.252. The first-order valence-electron chi connectivity index (χ1n) is 10.9. The molecule has 0 spiro atoms. The third-order valence-corrected chi connectivity index (χ3v) is 5.85. The molecule has 1 heterocycles. The first-order valence-corrected chi connectivity index (χ1v) is 10.9. The molecule has 10 heteroatoms. The third kappa shape index (κ3) is 4.38. The van der Waals surface area contributed by atoms with Crippen LogP contribution < -0.4 is 16.0 Å². The largest absolute Gasteiger partial charge is 0.508 e. The molecule has 0 aliphatic carbocycles. The fraction of sp³-hybridized carbons (Fsp3) is 0.0370. The summed E-state index contributed by atoms with van der Waals surface area (Å²) in [6.45, 7) is 0. The van der Waals surface area contributed by atoms with E-state index in [0.29, 0.717) is 22.2 Å². The number of anilines is 2. The highest BCUT2D eigenvalue weighted by Gasteiger charge is 2.35. The minimum atomic E-state index is -1.33. The molecule has 10 nitrogen and oxygen atoms in total. The number of carboxylic acid groups (broad SMARTS) is 1. The summed E-state index contributed by atoms with van der Waals surface area (Å²) in [6, 6.07) is 18.0. The second kappa shape index (κ2) is 9.90. The normalized spacial score (nSPS) is 12.1. The number of rotatable bonds is 4. The van der Waals surface area contributed by atoms with Crippen molar-refractivity contribution >= 4 is 51.5 Å². The van der Waals surface area contributed by atoms with Gasteiger partial charge in [-0.3, -0.25) is 14.4 Å². The molecule has 37 heavy (non-hydrogen) atoms. The number of hydrogen-bond donors (Lipinski definition) is 5. The standard InChI is InChI=1S/C26H17N3O6.CH4O/c27-20-9-8-18-22-16(20)5-2-6-17(22)24(32)29(25(18)33)14-4-1-3-13(11-14)23(31)28-21-10-7-15(30)12-19(21)26(34)35;1-2/h1-12,30H,27H2,(H,28,31)(H,34,35);2H,1H3/p+1. The minimum absolute atomic E-state index is 0.0135. The highest BCUT2D eigenvalue weighted by Crippen LogP contribution is 2.35. The SMILES string of the molecule is CO.[NH3+]c1ccc2c3c(cccc13)C(=O)N(c1cccc(C(=O)Nc3ccc(O)cc3C(=O)O)c1)C2=O. The van der Waals surface area contributed by atoms with Crippen LogP contribution in [0, 0.1) is 0 Å². The van der Waals surface area contributed by atoms with E-state index in [2.05, 4.69) is 11.1 Å². The molecule has 4 aromatic rings. The topological polar surface area (TPSA) is 172 Å². The van der Waals surface area contributed by atoms with Crippen LogP contribution in [-0.2, 0) is 0 Å². The zero-order valence-electron chi connectivity index (χ0n) is 19.6. The number of aliphatic hydroxyl groups is 1. The van der Waals surface area contributed by atoms with E-state index in [9.17, 15) is 29.4 Å². The zero-order chi connectivity index (χ0) is 26.9. The Morgan fingerprint density at radius 1 is 0.865 bits per heavy atom. The number of hydrogen-bond acceptors (Lipinski definition) is 6. The lowest BCUT2D eigenvalue weighted by atomic mass is 9.92. The molecule has 0 fully saturated rings. The molecule has 4 aromatic carbocycles. The Bertz CT molecular complexity index is 1570. The van der Waals surface area contributed by atoms with Crippen LogP contribution in [0.1, 0.15) is 41.4 Å². The molecule has 5 rings (SSSR count). The van der Waals surface area contributed by atoms with Crippen LogP contribution in [0.2, 0.25) is 0 Å². The average Bonchev–Trinajstić information content (AvgIpc) is 2.90. The average molecular weight is 500 g/mol. The Morgan fingerprint density at radius 2 is 1.54 bits per heavy atom. The number of nitrogens with one attached hydrogen (secondary N) is 1. The highest BCUT2D eigenvalue weighted by atomic mass is 16.4. The number of nitrogens with zero attached hydrogens (tertiary/aromatic N) is 1. The lowest BCUT2D eigenvalue weighted by Gasteiger charge is -2.27. The Kier molecular flexibility index (Phi) is 6.70. The van der Waals surface area contributed by atoms with Gasteiger partial charge >= 0.3 is 5.97 Å². The van der Waals surface area contributed by atoms with Crippen LogP contribution in [0.5, 0.6) is 5.75 Å². The lowest BCUT2D eigenvalue weighted by Crippen LogP contribution is -2.43. The number of aromatic hydroxyl groups is 1. The van der Waals surface area contributed by atoms with E-state index >= 15 is 0 Å². The molecule has 0 saturated carbocycles. The van der Waals surface area contributed by atoms with Gasteiger partial charge in [0.15, 0.2) is 0 Å². The number of aliphatic hydroxyl groups excluding tert-OH is 1. The summed E-state index contributed by atoms with van der Waals surface area (Å²) in [7, 11) is 1.00. The van der Waals surface area contributed by atoms with Crippen LogP contribution in [0.15, 0.2) is 72.8 Å². The van der Waals surface area contributed by atoms with E-state index in [-0.39, 0.29) is 28.3 Å². The second-order valence-electron chi connectivity index (χ2n) is 7.99. The third-order valence-electron chi connectivity index (χ3n) is 5.85. The van der Waals surface area contributed by atoms with E-state index in [1.807, 2.05) is 0 Å². The summed E-state index contributed by atoms with van der Waals surface area (Å²) in [6.07, 6.45) is 0. The smallest absolute Gasteiger partial charge is 0.337 e. The molecule has 0 saturated heterocycles. The van der Waals surface area contributed by atoms with Crippen molar-refractivity contribution < 1.29 is 40.2 Å². The number of phenols is 1. The number of carbonyl (C=O) groups is 4. The molecule has 0 radical (unpaired) electrons. The number of amides is 3. The van der Waals surface area contributed by atoms with Gasteiger partial charge in [0.25, 0.3) is 17.7 Å². The Balaban J connectivity index is 0.00000156. The molecule has 0 atom stereocenters. The summed E-state index contributed by atoms with van der Waals surface area (Å²) in [5, 5.41) is 29.7. The summed E-state index contributed by atoms with van der Waals surface area (Å²) in [4.78, 5) is 52.1. The first-order chi connectivity index (χ1) is 17.8. The van der Waals surface area contributed by atoms with Gasteiger partial charge in [-0.2, -0.15) is 0 Å². The predicted molar refractivity (Wildman–Crippen MR) is 135 cm³/mol. The summed E-state index contributed by atoms with van der Waals surface area (Å²) in [5.41, 5.74) is 5.38. The molecule has 0 bridgehead atoms. The predicted octanol–water partition coefficient (Wildman–Crippen LogP) is 2.78. The van der Waals surface area contributed by atoms with E-state index in [1.54, 1.807) is 30.3 Å². The molecule has 186 valence electrons. The summed E-state index contributed by atoms with van der Waals surface area (Å²) in [5.74, 6) is -3.29. The number of carboxylic acids is 1. The maximum absolute atomic E-state index is 13.3. The van der Waals surface area contributed by atoms with E-state index in [4.69, 9.17) is 5.11 Å². The van der Waals surface area contributed by atoms with Gasteiger partial charge in [-0.05, 0) is 54.6 Å². The van der Waals surface area contributed by atoms with Crippen LogP contribution in [0.3, 0.4) is 0 Å². The van der Waals surface area contributed by atoms with Gasteiger partial charge in [0, 0.05) is 40.6 Å². The molecular formula is C27H22N3O7+. The van der Waals surface area contributed by atoms with Gasteiger partial charge in [-0.1, -0.05) is 12.1 Å². The Labute approximate surface area is 210 Å². The quantitative estimate of drug-likeness (QED) is 0.212. The van der Waals surface area contributed by atoms with Crippen molar-refractivity contribution in [3.05, 3.63) is 95.1 Å². The van der Waals surface area contributed by atoms with Gasteiger partial charge in [0.05, 0.1) is 16.9 Å². The highest BCUT2D eigenvalue weighted by molar-refractivity contribution is 6.36. The van der Waals surface area contributed by atoms with Crippen LogP contribution in [0.4, 0.5) is 17.1 Å². The van der Waals surface area contributed by atoms with Crippen molar-refractivity contribution in [3.63, 3.8) is 0 Å². The van der Waals surface area contributed by atoms with Crippen molar-refractivity contribution in [1.29, 1.82) is 0 Å². The number of aromatic carboxylic acids is 1. The van der Waals surface area contributed by atoms with E-state index < -0.39 is 23.7 Å². The van der Waals surface area contributed by atoms with Crippen molar-refractivity contribution in [2.45, 2.75) is 0 Å². The van der Waals surface area contributed by atoms with Crippen molar-refractivity contribution in [2.24, 2.45) is 0 Å². The minimum Gasteiger partial charge on any atom is -0.508 e. The summed E-state index contributed by atoms with van der Waals surface area (Å²) < 4.78 is 0. The Hall–Kier alpha value is -5.06.